The lowest BCUT2D eigenvalue weighted by atomic mass is 9.96. The first-order chi connectivity index (χ1) is 7.27. The first-order valence-electron chi connectivity index (χ1n) is 5.42. The van der Waals surface area contributed by atoms with Crippen molar-refractivity contribution in [3.05, 3.63) is 12.2 Å². The van der Waals surface area contributed by atoms with Crippen LogP contribution in [0.2, 0.25) is 0 Å². The highest BCUT2D eigenvalue weighted by molar-refractivity contribution is 5.89. The zero-order valence-electron chi connectivity index (χ0n) is 8.39. The van der Waals surface area contributed by atoms with Gasteiger partial charge in [0.1, 0.15) is 12.6 Å². The molecule has 1 aliphatic carbocycles. The molecule has 2 aliphatic heterocycles. The number of Topliss-reactive ketones (excluding diaryl/α,β-unsaturated/α-hetero) is 1. The fourth-order valence-corrected chi connectivity index (χ4v) is 2.87. The highest BCUT2D eigenvalue weighted by Gasteiger charge is 2.50. The molecule has 0 aromatic carbocycles. The molecule has 80 valence electrons. The van der Waals surface area contributed by atoms with Gasteiger partial charge in [-0.1, -0.05) is 12.2 Å². The number of rotatable bonds is 0. The summed E-state index contributed by atoms with van der Waals surface area (Å²) in [5, 5.41) is 0. The van der Waals surface area contributed by atoms with Crippen molar-refractivity contribution in [1.82, 2.24) is 4.90 Å². The number of amides is 1. The highest BCUT2D eigenvalue weighted by Crippen LogP contribution is 2.37. The molecule has 4 heteroatoms. The summed E-state index contributed by atoms with van der Waals surface area (Å²) in [7, 11) is 0. The lowest BCUT2D eigenvalue weighted by Gasteiger charge is -2.21. The van der Waals surface area contributed by atoms with Gasteiger partial charge in [-0.15, -0.1) is 0 Å². The molecule has 4 nitrogen and oxygen atoms in total. The van der Waals surface area contributed by atoms with Crippen molar-refractivity contribution in [1.29, 1.82) is 0 Å². The van der Waals surface area contributed by atoms with E-state index in [4.69, 9.17) is 4.74 Å². The van der Waals surface area contributed by atoms with Crippen LogP contribution in [0.15, 0.2) is 12.2 Å². The number of hydrogen-bond donors (Lipinski definition) is 0. The number of hydrogen-bond acceptors (Lipinski definition) is 3. The van der Waals surface area contributed by atoms with Gasteiger partial charge in [-0.3, -0.25) is 9.69 Å². The molecule has 0 radical (unpaired) electrons. The van der Waals surface area contributed by atoms with Gasteiger partial charge in [-0.2, -0.15) is 0 Å². The number of fused-ring (bicyclic) bond motifs is 3. The van der Waals surface area contributed by atoms with E-state index >= 15 is 0 Å². The second kappa shape index (κ2) is 3.08. The van der Waals surface area contributed by atoms with Gasteiger partial charge in [0, 0.05) is 12.3 Å². The predicted molar refractivity (Wildman–Crippen MR) is 52.3 cm³/mol. The Kier molecular flexibility index (Phi) is 1.84. The summed E-state index contributed by atoms with van der Waals surface area (Å²) in [5.41, 5.74) is 0. The van der Waals surface area contributed by atoms with E-state index in [0.29, 0.717) is 13.0 Å². The van der Waals surface area contributed by atoms with E-state index in [-0.39, 0.29) is 29.9 Å². The van der Waals surface area contributed by atoms with E-state index in [1.54, 1.807) is 4.90 Å². The molecule has 2 fully saturated rings. The Labute approximate surface area is 87.9 Å². The number of ketones is 1. The van der Waals surface area contributed by atoms with Crippen LogP contribution in [0.1, 0.15) is 19.3 Å². The van der Waals surface area contributed by atoms with Crippen molar-refractivity contribution in [2.45, 2.75) is 31.3 Å². The van der Waals surface area contributed by atoms with Crippen LogP contribution in [-0.2, 0) is 9.53 Å². The maximum absolute atomic E-state index is 11.9. The van der Waals surface area contributed by atoms with Crippen LogP contribution in [0.3, 0.4) is 0 Å². The van der Waals surface area contributed by atoms with Crippen LogP contribution < -0.4 is 0 Å². The van der Waals surface area contributed by atoms with Gasteiger partial charge >= 0.3 is 6.09 Å². The SMILES string of the molecule is O=C1CCC=C[C@H]2C[C@H]3COC(=O)N3[C@H]12. The third kappa shape index (κ3) is 1.20. The lowest BCUT2D eigenvalue weighted by molar-refractivity contribution is -0.123. The Morgan fingerprint density at radius 3 is 3.13 bits per heavy atom. The Morgan fingerprint density at radius 2 is 2.27 bits per heavy atom. The monoisotopic (exact) mass is 207 g/mol. The molecule has 15 heavy (non-hydrogen) atoms. The summed E-state index contributed by atoms with van der Waals surface area (Å²) in [6, 6.07) is -0.122. The summed E-state index contributed by atoms with van der Waals surface area (Å²) in [4.78, 5) is 25.0. The molecule has 0 bridgehead atoms. The first-order valence-corrected chi connectivity index (χ1v) is 5.42. The summed E-state index contributed by atoms with van der Waals surface area (Å²) < 4.78 is 4.97. The van der Waals surface area contributed by atoms with E-state index < -0.39 is 0 Å². The summed E-state index contributed by atoms with van der Waals surface area (Å²) in [6.07, 6.45) is 6.08. The topological polar surface area (TPSA) is 46.6 Å². The summed E-state index contributed by atoms with van der Waals surface area (Å²) >= 11 is 0. The van der Waals surface area contributed by atoms with E-state index in [0.717, 1.165) is 12.8 Å². The molecule has 3 rings (SSSR count). The van der Waals surface area contributed by atoms with Crippen LogP contribution in [-0.4, -0.2) is 35.5 Å². The van der Waals surface area contributed by atoms with Gasteiger partial charge in [0.05, 0.1) is 6.04 Å². The number of carbonyl (C=O) groups is 2. The molecule has 2 saturated heterocycles. The second-order valence-corrected chi connectivity index (χ2v) is 4.42. The van der Waals surface area contributed by atoms with E-state index in [1.807, 2.05) is 0 Å². The minimum atomic E-state index is -0.309. The van der Waals surface area contributed by atoms with Gasteiger partial charge in [0.2, 0.25) is 0 Å². The number of cyclic esters (lactones) is 1. The Hall–Kier alpha value is -1.32. The summed E-state index contributed by atoms with van der Waals surface area (Å²) in [5.74, 6) is 0.407. The molecular formula is C11H13NO3. The number of nitrogens with zero attached hydrogens (tertiary/aromatic N) is 1. The van der Waals surface area contributed by atoms with E-state index in [2.05, 4.69) is 12.2 Å². The fraction of sp³-hybridized carbons (Fsp3) is 0.636. The number of allylic oxidation sites excluding steroid dienone is 1. The van der Waals surface area contributed by atoms with Crippen LogP contribution in [0.25, 0.3) is 0 Å². The zero-order valence-corrected chi connectivity index (χ0v) is 8.39. The molecule has 3 aliphatic rings. The molecule has 0 aromatic heterocycles. The highest BCUT2D eigenvalue weighted by atomic mass is 16.6. The third-order valence-electron chi connectivity index (χ3n) is 3.52. The molecule has 3 atom stereocenters. The normalized spacial score (nSPS) is 38.7. The lowest BCUT2D eigenvalue weighted by Crippen LogP contribution is -2.42. The van der Waals surface area contributed by atoms with Gasteiger partial charge in [0.25, 0.3) is 0 Å². The van der Waals surface area contributed by atoms with Crippen LogP contribution in [0.5, 0.6) is 0 Å². The van der Waals surface area contributed by atoms with Crippen molar-refractivity contribution < 1.29 is 14.3 Å². The molecular weight excluding hydrogens is 194 g/mol. The fourth-order valence-electron chi connectivity index (χ4n) is 2.87. The maximum atomic E-state index is 11.9. The van der Waals surface area contributed by atoms with Crippen LogP contribution >= 0.6 is 0 Å². The maximum Gasteiger partial charge on any atom is 0.410 e. The molecule has 0 spiro atoms. The average molecular weight is 207 g/mol. The smallest absolute Gasteiger partial charge is 0.410 e. The van der Waals surface area contributed by atoms with Gasteiger partial charge in [0.15, 0.2) is 5.78 Å². The van der Waals surface area contributed by atoms with Gasteiger partial charge in [-0.25, -0.2) is 4.79 Å². The minimum Gasteiger partial charge on any atom is -0.447 e. The van der Waals surface area contributed by atoms with Gasteiger partial charge < -0.3 is 4.74 Å². The molecule has 0 N–H and O–H groups in total. The quantitative estimate of drug-likeness (QED) is 0.559. The molecule has 2 heterocycles. The Balaban J connectivity index is 1.95. The van der Waals surface area contributed by atoms with Crippen molar-refractivity contribution in [2.75, 3.05) is 6.61 Å². The number of carbonyl (C=O) groups excluding carboxylic acids is 2. The third-order valence-corrected chi connectivity index (χ3v) is 3.52. The van der Waals surface area contributed by atoms with Crippen molar-refractivity contribution >= 4 is 11.9 Å². The average Bonchev–Trinajstić information content (AvgIpc) is 2.69. The van der Waals surface area contributed by atoms with Crippen molar-refractivity contribution in [2.24, 2.45) is 5.92 Å². The minimum absolute atomic E-state index is 0.124. The zero-order chi connectivity index (χ0) is 10.4. The molecule has 0 saturated carbocycles. The van der Waals surface area contributed by atoms with E-state index in [1.165, 1.54) is 0 Å². The largest absolute Gasteiger partial charge is 0.447 e. The summed E-state index contributed by atoms with van der Waals surface area (Å²) in [6.45, 7) is 0.451. The molecule has 0 aromatic rings. The molecule has 0 unspecified atom stereocenters. The predicted octanol–water partition coefficient (Wildman–Crippen LogP) is 1.11. The van der Waals surface area contributed by atoms with Crippen molar-refractivity contribution in [3.8, 4) is 0 Å². The Bertz CT molecular complexity index is 350. The van der Waals surface area contributed by atoms with Crippen LogP contribution in [0, 0.1) is 5.92 Å². The van der Waals surface area contributed by atoms with Crippen molar-refractivity contribution in [3.63, 3.8) is 0 Å². The Morgan fingerprint density at radius 1 is 1.40 bits per heavy atom. The van der Waals surface area contributed by atoms with Crippen LogP contribution in [0.4, 0.5) is 4.79 Å². The van der Waals surface area contributed by atoms with E-state index in [9.17, 15) is 9.59 Å². The first kappa shape index (κ1) is 8.95. The molecule has 1 amide bonds. The number of ether oxygens (including phenoxy) is 1. The standard InChI is InChI=1S/C11H13NO3/c13-9-4-2-1-3-7-5-8-6-15-11(14)12(8)10(7)9/h1,3,7-8,10H,2,4-6H2/t7-,8-,10-/m0/s1. The second-order valence-electron chi connectivity index (χ2n) is 4.42. The van der Waals surface area contributed by atoms with Gasteiger partial charge in [-0.05, 0) is 12.8 Å².